The van der Waals surface area contributed by atoms with E-state index in [2.05, 4.69) is 10.3 Å². The van der Waals surface area contributed by atoms with E-state index < -0.39 is 15.3 Å². The molecule has 10 heteroatoms. The Bertz CT molecular complexity index is 1130. The van der Waals surface area contributed by atoms with Gasteiger partial charge in [-0.25, -0.2) is 22.9 Å². The number of amides is 1. The van der Waals surface area contributed by atoms with Gasteiger partial charge in [-0.05, 0) is 56.3 Å². The first-order chi connectivity index (χ1) is 13.2. The molecule has 7 nitrogen and oxygen atoms in total. The first kappa shape index (κ1) is 20.3. The third-order valence-electron chi connectivity index (χ3n) is 4.09. The maximum atomic E-state index is 13.0. The number of benzene rings is 2. The van der Waals surface area contributed by atoms with Gasteiger partial charge in [0, 0.05) is 12.2 Å². The van der Waals surface area contributed by atoms with Crippen molar-refractivity contribution in [3.05, 3.63) is 48.3 Å². The van der Waals surface area contributed by atoms with Gasteiger partial charge in [-0.15, -0.1) is 0 Å². The molecule has 1 aromatic heterocycles. The number of imidazole rings is 1. The second-order valence-electron chi connectivity index (χ2n) is 6.09. The van der Waals surface area contributed by atoms with Gasteiger partial charge in [0.2, 0.25) is 15.9 Å². The van der Waals surface area contributed by atoms with Crippen LogP contribution in [0.5, 0.6) is 0 Å². The Balaban J connectivity index is 1.84. The van der Waals surface area contributed by atoms with Crippen molar-refractivity contribution in [2.75, 3.05) is 5.32 Å². The molecule has 0 bridgehead atoms. The van der Waals surface area contributed by atoms with Crippen LogP contribution in [0.4, 0.5) is 10.1 Å². The zero-order chi connectivity index (χ0) is 20.5. The van der Waals surface area contributed by atoms with E-state index in [-0.39, 0.29) is 16.6 Å². The number of rotatable bonds is 6. The third kappa shape index (κ3) is 4.34. The molecule has 0 saturated carbocycles. The van der Waals surface area contributed by atoms with Crippen molar-refractivity contribution in [3.8, 4) is 0 Å². The molecule has 3 N–H and O–H groups in total. The molecule has 0 unspecified atom stereocenters. The van der Waals surface area contributed by atoms with E-state index in [9.17, 15) is 17.6 Å². The van der Waals surface area contributed by atoms with Crippen LogP contribution in [-0.4, -0.2) is 29.1 Å². The molecule has 148 valence electrons. The Hall–Kier alpha value is -2.43. The Morgan fingerprint density at radius 1 is 1.29 bits per heavy atom. The molecular weight excluding hydrogens is 403 g/mol. The lowest BCUT2D eigenvalue weighted by Crippen LogP contribution is -2.22. The van der Waals surface area contributed by atoms with E-state index in [1.54, 1.807) is 13.0 Å². The number of halogens is 1. The molecule has 0 saturated heterocycles. The number of anilines is 1. The average Bonchev–Trinajstić information content (AvgIpc) is 2.98. The number of thioether (sulfide) groups is 1. The molecule has 1 amide bonds. The Kier molecular flexibility index (Phi) is 5.73. The van der Waals surface area contributed by atoms with Crippen molar-refractivity contribution in [1.82, 2.24) is 9.55 Å². The summed E-state index contributed by atoms with van der Waals surface area (Å²) >= 11 is 1.25. The van der Waals surface area contributed by atoms with Crippen LogP contribution in [0.1, 0.15) is 13.8 Å². The zero-order valence-corrected chi connectivity index (χ0v) is 16.8. The Morgan fingerprint density at radius 2 is 1.96 bits per heavy atom. The number of aromatic nitrogens is 2. The van der Waals surface area contributed by atoms with Crippen LogP contribution in [0.2, 0.25) is 0 Å². The molecule has 0 aliphatic heterocycles. The largest absolute Gasteiger partial charge is 0.325 e. The third-order valence-corrected chi connectivity index (χ3v) is 6.09. The fraction of sp³-hybridized carbons (Fsp3) is 0.222. The van der Waals surface area contributed by atoms with Crippen LogP contribution in [0.15, 0.2) is 52.5 Å². The number of nitrogens with zero attached hydrogens (tertiary/aromatic N) is 2. The first-order valence-electron chi connectivity index (χ1n) is 8.45. The molecule has 0 spiro atoms. The lowest BCUT2D eigenvalue weighted by atomic mass is 10.3. The summed E-state index contributed by atoms with van der Waals surface area (Å²) in [4.78, 5) is 16.9. The van der Waals surface area contributed by atoms with Gasteiger partial charge in [0.15, 0.2) is 5.16 Å². The summed E-state index contributed by atoms with van der Waals surface area (Å²) in [5.74, 6) is -0.632. The smallest absolute Gasteiger partial charge is 0.238 e. The van der Waals surface area contributed by atoms with Crippen molar-refractivity contribution in [2.45, 2.75) is 35.7 Å². The summed E-state index contributed by atoms with van der Waals surface area (Å²) in [7, 11) is -3.83. The first-order valence-corrected chi connectivity index (χ1v) is 10.9. The van der Waals surface area contributed by atoms with E-state index in [1.807, 2.05) is 11.5 Å². The van der Waals surface area contributed by atoms with Gasteiger partial charge in [-0.3, -0.25) is 4.79 Å². The maximum Gasteiger partial charge on any atom is 0.238 e. The summed E-state index contributed by atoms with van der Waals surface area (Å²) in [6.45, 7) is 4.26. The second kappa shape index (κ2) is 7.90. The normalized spacial score (nSPS) is 12.9. The number of carbonyl (C=O) groups is 1. The number of aryl methyl sites for hydroxylation is 1. The highest BCUT2D eigenvalue weighted by atomic mass is 32.2. The predicted molar refractivity (Wildman–Crippen MR) is 107 cm³/mol. The summed E-state index contributed by atoms with van der Waals surface area (Å²) < 4.78 is 38.0. The summed E-state index contributed by atoms with van der Waals surface area (Å²) in [5.41, 5.74) is 1.74. The van der Waals surface area contributed by atoms with Crippen LogP contribution in [0, 0.1) is 5.82 Å². The maximum absolute atomic E-state index is 13.0. The zero-order valence-electron chi connectivity index (χ0n) is 15.2. The SMILES string of the molecule is CCn1c(S[C@@H](C)C(=O)Nc2ccc(F)cc2)nc2cc(S(N)(=O)=O)ccc21. The predicted octanol–water partition coefficient (Wildman–Crippen LogP) is 2.96. The lowest BCUT2D eigenvalue weighted by molar-refractivity contribution is -0.115. The Morgan fingerprint density at radius 3 is 2.57 bits per heavy atom. The molecule has 3 rings (SSSR count). The number of carbonyl (C=O) groups excluding carboxylic acids is 1. The number of hydrogen-bond donors (Lipinski definition) is 2. The number of primary sulfonamides is 1. The van der Waals surface area contributed by atoms with Gasteiger partial charge >= 0.3 is 0 Å². The standard InChI is InChI=1S/C18H19FN4O3S2/c1-3-23-16-9-8-14(28(20,25)26)10-15(16)22-18(23)27-11(2)17(24)21-13-6-4-12(19)5-7-13/h4-11H,3H2,1-2H3,(H,21,24)(H2,20,25,26)/t11-/m0/s1. The van der Waals surface area contributed by atoms with E-state index in [0.29, 0.717) is 22.9 Å². The summed E-state index contributed by atoms with van der Waals surface area (Å²) in [6.07, 6.45) is 0. The van der Waals surface area contributed by atoms with Crippen LogP contribution in [0.3, 0.4) is 0 Å². The fourth-order valence-corrected chi connectivity index (χ4v) is 4.17. The van der Waals surface area contributed by atoms with Gasteiger partial charge in [-0.2, -0.15) is 0 Å². The van der Waals surface area contributed by atoms with Crippen molar-refractivity contribution in [3.63, 3.8) is 0 Å². The van der Waals surface area contributed by atoms with Crippen LogP contribution in [-0.2, 0) is 21.4 Å². The average molecular weight is 423 g/mol. The van der Waals surface area contributed by atoms with E-state index in [4.69, 9.17) is 5.14 Å². The molecule has 2 aromatic carbocycles. The van der Waals surface area contributed by atoms with Crippen LogP contribution < -0.4 is 10.5 Å². The van der Waals surface area contributed by atoms with Crippen LogP contribution >= 0.6 is 11.8 Å². The highest BCUT2D eigenvalue weighted by Crippen LogP contribution is 2.29. The van der Waals surface area contributed by atoms with Crippen molar-refractivity contribution >= 4 is 44.4 Å². The van der Waals surface area contributed by atoms with Gasteiger partial charge in [0.25, 0.3) is 0 Å². The van der Waals surface area contributed by atoms with Gasteiger partial charge < -0.3 is 9.88 Å². The highest BCUT2D eigenvalue weighted by molar-refractivity contribution is 8.00. The number of fused-ring (bicyclic) bond motifs is 1. The minimum Gasteiger partial charge on any atom is -0.325 e. The molecule has 0 aliphatic carbocycles. The van der Waals surface area contributed by atoms with E-state index in [1.165, 1.54) is 48.2 Å². The molecule has 0 aliphatic rings. The lowest BCUT2D eigenvalue weighted by Gasteiger charge is -2.12. The number of nitrogens with two attached hydrogens (primary N) is 1. The molecule has 0 radical (unpaired) electrons. The number of sulfonamides is 1. The molecule has 3 aromatic rings. The van der Waals surface area contributed by atoms with Crippen molar-refractivity contribution in [2.24, 2.45) is 5.14 Å². The number of nitrogens with one attached hydrogen (secondary N) is 1. The van der Waals surface area contributed by atoms with Crippen molar-refractivity contribution < 1.29 is 17.6 Å². The number of hydrogen-bond acceptors (Lipinski definition) is 5. The van der Waals surface area contributed by atoms with Crippen molar-refractivity contribution in [1.29, 1.82) is 0 Å². The minimum absolute atomic E-state index is 0.0144. The highest BCUT2D eigenvalue weighted by Gasteiger charge is 2.20. The van der Waals surface area contributed by atoms with Crippen LogP contribution in [0.25, 0.3) is 11.0 Å². The topological polar surface area (TPSA) is 107 Å². The quantitative estimate of drug-likeness (QED) is 0.594. The summed E-state index contributed by atoms with van der Waals surface area (Å²) in [6, 6.07) is 10.0. The second-order valence-corrected chi connectivity index (χ2v) is 8.96. The fourth-order valence-electron chi connectivity index (χ4n) is 2.65. The van der Waals surface area contributed by atoms with Gasteiger partial charge in [-0.1, -0.05) is 11.8 Å². The van der Waals surface area contributed by atoms with Gasteiger partial charge in [0.05, 0.1) is 21.2 Å². The molecular formula is C18H19FN4O3S2. The van der Waals surface area contributed by atoms with E-state index in [0.717, 1.165) is 5.52 Å². The Labute approximate surface area is 166 Å². The van der Waals surface area contributed by atoms with E-state index >= 15 is 0 Å². The monoisotopic (exact) mass is 422 g/mol. The minimum atomic E-state index is -3.83. The molecule has 28 heavy (non-hydrogen) atoms. The molecule has 1 atom stereocenters. The molecule has 0 fully saturated rings. The molecule has 1 heterocycles. The summed E-state index contributed by atoms with van der Waals surface area (Å²) in [5, 5.41) is 8.02. The van der Waals surface area contributed by atoms with Gasteiger partial charge in [0.1, 0.15) is 5.82 Å².